The van der Waals surface area contributed by atoms with Crippen LogP contribution in [0, 0.1) is 22.2 Å². The summed E-state index contributed by atoms with van der Waals surface area (Å²) >= 11 is 0. The zero-order valence-corrected chi connectivity index (χ0v) is 12.6. The average Bonchev–Trinajstić information content (AvgIpc) is 2.53. The van der Waals surface area contributed by atoms with Gasteiger partial charge >= 0.3 is 0 Å². The van der Waals surface area contributed by atoms with Crippen LogP contribution in [0.3, 0.4) is 0 Å². The molecule has 0 amide bonds. The lowest BCUT2D eigenvalue weighted by Crippen LogP contribution is -2.59. The minimum absolute atomic E-state index is 0.0733. The van der Waals surface area contributed by atoms with E-state index >= 15 is 0 Å². The summed E-state index contributed by atoms with van der Waals surface area (Å²) in [4.78, 5) is 0. The monoisotopic (exact) mass is 268 g/mol. The second-order valence-corrected chi connectivity index (χ2v) is 8.29. The Morgan fingerprint density at radius 1 is 1.11 bits per heavy atom. The van der Waals surface area contributed by atoms with Crippen molar-refractivity contribution >= 4 is 0 Å². The summed E-state index contributed by atoms with van der Waals surface area (Å²) in [6.07, 6.45) is 4.04. The molecular formula is C16H28O3. The Morgan fingerprint density at radius 3 is 2.42 bits per heavy atom. The molecule has 6 atom stereocenters. The number of methoxy groups -OCH3 is 1. The van der Waals surface area contributed by atoms with E-state index in [1.807, 2.05) is 0 Å². The van der Waals surface area contributed by atoms with E-state index in [0.717, 1.165) is 25.7 Å². The smallest absolute Gasteiger partial charge is 0.0852 e. The number of hydrogen-bond donors (Lipinski definition) is 2. The Labute approximate surface area is 116 Å². The zero-order chi connectivity index (χ0) is 14.1. The summed E-state index contributed by atoms with van der Waals surface area (Å²) in [5, 5.41) is 20.7. The molecule has 19 heavy (non-hydrogen) atoms. The first-order valence-corrected chi connectivity index (χ1v) is 7.64. The van der Waals surface area contributed by atoms with Gasteiger partial charge in [-0.15, -0.1) is 0 Å². The third-order valence-corrected chi connectivity index (χ3v) is 6.68. The van der Waals surface area contributed by atoms with Crippen molar-refractivity contribution in [2.45, 2.75) is 71.2 Å². The van der Waals surface area contributed by atoms with Crippen molar-refractivity contribution in [1.82, 2.24) is 0 Å². The van der Waals surface area contributed by atoms with Crippen LogP contribution in [0.4, 0.5) is 0 Å². The summed E-state index contributed by atoms with van der Waals surface area (Å²) in [5.41, 5.74) is 0.222. The number of ether oxygens (including phenoxy) is 1. The first kappa shape index (κ1) is 13.8. The Balaban J connectivity index is 2.04. The zero-order valence-electron chi connectivity index (χ0n) is 12.6. The molecule has 2 N–H and O–H groups in total. The number of hydrogen-bond acceptors (Lipinski definition) is 3. The molecule has 1 spiro atoms. The molecule has 0 aromatic heterocycles. The van der Waals surface area contributed by atoms with Gasteiger partial charge in [-0.05, 0) is 48.9 Å². The topological polar surface area (TPSA) is 49.7 Å². The molecule has 0 radical (unpaired) electrons. The summed E-state index contributed by atoms with van der Waals surface area (Å²) in [5.74, 6) is 0.611. The molecule has 0 aromatic rings. The van der Waals surface area contributed by atoms with E-state index in [1.165, 1.54) is 0 Å². The van der Waals surface area contributed by atoms with Gasteiger partial charge in [0.1, 0.15) is 0 Å². The van der Waals surface area contributed by atoms with Gasteiger partial charge in [0.25, 0.3) is 0 Å². The van der Waals surface area contributed by atoms with E-state index in [-0.39, 0.29) is 22.3 Å². The van der Waals surface area contributed by atoms with Gasteiger partial charge in [0.05, 0.1) is 18.3 Å². The van der Waals surface area contributed by atoms with Crippen LogP contribution in [0.2, 0.25) is 0 Å². The molecule has 3 aliphatic rings. The van der Waals surface area contributed by atoms with Crippen LogP contribution >= 0.6 is 0 Å². The third-order valence-electron chi connectivity index (χ3n) is 6.68. The highest BCUT2D eigenvalue weighted by atomic mass is 16.5. The maximum atomic E-state index is 10.4. The minimum Gasteiger partial charge on any atom is -0.390 e. The summed E-state index contributed by atoms with van der Waals surface area (Å²) in [7, 11) is 1.81. The molecule has 3 nitrogen and oxygen atoms in total. The second kappa shape index (κ2) is 3.96. The number of aliphatic hydroxyl groups excluding tert-OH is 2. The molecule has 0 aliphatic heterocycles. The lowest BCUT2D eigenvalue weighted by molar-refractivity contribution is -0.196. The normalized spacial score (nSPS) is 55.9. The maximum absolute atomic E-state index is 10.4. The van der Waals surface area contributed by atoms with Crippen molar-refractivity contribution in [3.63, 3.8) is 0 Å². The highest BCUT2D eigenvalue weighted by molar-refractivity contribution is 5.16. The average molecular weight is 268 g/mol. The first-order valence-electron chi connectivity index (χ1n) is 7.64. The van der Waals surface area contributed by atoms with Gasteiger partial charge in [0, 0.05) is 12.5 Å². The fraction of sp³-hybridized carbons (Fsp3) is 1.00. The van der Waals surface area contributed by atoms with Crippen LogP contribution in [0.25, 0.3) is 0 Å². The van der Waals surface area contributed by atoms with Gasteiger partial charge in [-0.3, -0.25) is 0 Å². The Bertz CT molecular complexity index is 380. The highest BCUT2D eigenvalue weighted by Crippen LogP contribution is 2.69. The quantitative estimate of drug-likeness (QED) is 0.767. The van der Waals surface area contributed by atoms with Crippen molar-refractivity contribution in [3.8, 4) is 0 Å². The maximum Gasteiger partial charge on any atom is 0.0852 e. The molecule has 0 aromatic carbocycles. The molecule has 2 bridgehead atoms. The fourth-order valence-corrected chi connectivity index (χ4v) is 5.94. The molecule has 0 saturated heterocycles. The van der Waals surface area contributed by atoms with E-state index in [0.29, 0.717) is 12.3 Å². The SMILES string of the molecule is CO[C@H]1CC(C)(C)[C@@H]2CC[C@]3(C)C[C@]12C[C@H](O)[C@@H]3O. The third kappa shape index (κ3) is 1.68. The minimum atomic E-state index is -0.590. The molecule has 3 saturated carbocycles. The van der Waals surface area contributed by atoms with Crippen LogP contribution in [0.5, 0.6) is 0 Å². The molecule has 3 rings (SSSR count). The van der Waals surface area contributed by atoms with E-state index in [2.05, 4.69) is 20.8 Å². The van der Waals surface area contributed by atoms with Gasteiger partial charge in [0.15, 0.2) is 0 Å². The lowest BCUT2D eigenvalue weighted by atomic mass is 9.48. The van der Waals surface area contributed by atoms with Gasteiger partial charge in [-0.1, -0.05) is 20.8 Å². The van der Waals surface area contributed by atoms with Crippen LogP contribution in [-0.4, -0.2) is 35.6 Å². The Kier molecular flexibility index (Phi) is 2.88. The standard InChI is InChI=1S/C16H28O3/c1-14(2)8-12(19-4)16-7-10(17)13(18)15(3,9-16)6-5-11(14)16/h10-13,17-18H,5-9H2,1-4H3/t10-,11-,12-,13-,15+,16-/m0/s1. The first-order chi connectivity index (χ1) is 8.75. The lowest BCUT2D eigenvalue weighted by Gasteiger charge is -2.59. The van der Waals surface area contributed by atoms with Crippen molar-refractivity contribution in [1.29, 1.82) is 0 Å². The summed E-state index contributed by atoms with van der Waals surface area (Å²) in [6.45, 7) is 6.84. The molecular weight excluding hydrogens is 240 g/mol. The predicted octanol–water partition coefficient (Wildman–Crippen LogP) is 2.35. The number of aliphatic hydroxyl groups is 2. The van der Waals surface area contributed by atoms with Crippen molar-refractivity contribution in [2.75, 3.05) is 7.11 Å². The van der Waals surface area contributed by atoms with Crippen LogP contribution in [0.1, 0.15) is 52.9 Å². The van der Waals surface area contributed by atoms with E-state index in [9.17, 15) is 10.2 Å². The van der Waals surface area contributed by atoms with Crippen LogP contribution < -0.4 is 0 Å². The molecule has 0 heterocycles. The number of rotatable bonds is 1. The van der Waals surface area contributed by atoms with E-state index in [1.54, 1.807) is 7.11 Å². The van der Waals surface area contributed by atoms with Gasteiger partial charge in [-0.25, -0.2) is 0 Å². The fourth-order valence-electron chi connectivity index (χ4n) is 5.94. The molecule has 110 valence electrons. The molecule has 3 fully saturated rings. The Hall–Kier alpha value is -0.120. The summed E-state index contributed by atoms with van der Waals surface area (Å²) in [6, 6.07) is 0. The molecule has 3 aliphatic carbocycles. The van der Waals surface area contributed by atoms with E-state index < -0.39 is 12.2 Å². The van der Waals surface area contributed by atoms with Crippen molar-refractivity contribution in [3.05, 3.63) is 0 Å². The highest BCUT2D eigenvalue weighted by Gasteiger charge is 2.66. The Morgan fingerprint density at radius 2 is 1.79 bits per heavy atom. The van der Waals surface area contributed by atoms with Gasteiger partial charge in [0.2, 0.25) is 0 Å². The van der Waals surface area contributed by atoms with Gasteiger partial charge in [-0.2, -0.15) is 0 Å². The largest absolute Gasteiger partial charge is 0.390 e. The molecule has 3 heteroatoms. The van der Waals surface area contributed by atoms with Crippen LogP contribution in [0.15, 0.2) is 0 Å². The summed E-state index contributed by atoms with van der Waals surface area (Å²) < 4.78 is 5.83. The van der Waals surface area contributed by atoms with Gasteiger partial charge < -0.3 is 14.9 Å². The van der Waals surface area contributed by atoms with Crippen molar-refractivity contribution in [2.24, 2.45) is 22.2 Å². The van der Waals surface area contributed by atoms with Crippen molar-refractivity contribution < 1.29 is 14.9 Å². The second-order valence-electron chi connectivity index (χ2n) is 8.29. The van der Waals surface area contributed by atoms with E-state index in [4.69, 9.17) is 4.74 Å². The van der Waals surface area contributed by atoms with Crippen LogP contribution in [-0.2, 0) is 4.74 Å². The predicted molar refractivity (Wildman–Crippen MR) is 73.7 cm³/mol. The molecule has 0 unspecified atom stereocenters. The number of fused-ring (bicyclic) bond motifs is 1.